The van der Waals surface area contributed by atoms with E-state index < -0.39 is 12.0 Å². The van der Waals surface area contributed by atoms with E-state index >= 15 is 0 Å². The van der Waals surface area contributed by atoms with Crippen LogP contribution in [0.15, 0.2) is 54.6 Å². The van der Waals surface area contributed by atoms with E-state index in [0.29, 0.717) is 17.4 Å². The van der Waals surface area contributed by atoms with E-state index in [0.717, 1.165) is 32.4 Å². The highest BCUT2D eigenvalue weighted by molar-refractivity contribution is 5.85. The Labute approximate surface area is 176 Å². The van der Waals surface area contributed by atoms with Gasteiger partial charge in [-0.2, -0.15) is 0 Å². The highest BCUT2D eigenvalue weighted by Gasteiger charge is 2.28. The number of fused-ring (bicyclic) bond motifs is 1. The number of carbonyl (C=O) groups is 2. The number of benzene rings is 2. The molecule has 2 aromatic rings. The molecular formula is C23H27N3O4. The van der Waals surface area contributed by atoms with Crippen molar-refractivity contribution in [2.24, 2.45) is 5.92 Å². The van der Waals surface area contributed by atoms with Crippen molar-refractivity contribution < 1.29 is 19.1 Å². The van der Waals surface area contributed by atoms with E-state index in [1.807, 2.05) is 18.2 Å². The van der Waals surface area contributed by atoms with Crippen LogP contribution in [0.3, 0.4) is 0 Å². The summed E-state index contributed by atoms with van der Waals surface area (Å²) in [4.78, 5) is 26.6. The van der Waals surface area contributed by atoms with E-state index in [1.165, 1.54) is 5.56 Å². The van der Waals surface area contributed by atoms with Crippen molar-refractivity contribution in [1.29, 1.82) is 0 Å². The summed E-state index contributed by atoms with van der Waals surface area (Å²) >= 11 is 0. The van der Waals surface area contributed by atoms with Crippen LogP contribution in [-0.4, -0.2) is 49.1 Å². The van der Waals surface area contributed by atoms with E-state index in [2.05, 4.69) is 40.0 Å². The third kappa shape index (κ3) is 5.30. The molecule has 1 saturated heterocycles. The van der Waals surface area contributed by atoms with Crippen LogP contribution >= 0.6 is 0 Å². The van der Waals surface area contributed by atoms with Crippen LogP contribution in [0.2, 0.25) is 0 Å². The number of likely N-dealkylation sites (tertiary alicyclic amines) is 1. The number of para-hydroxylation sites is 2. The summed E-state index contributed by atoms with van der Waals surface area (Å²) in [5.74, 6) is 1.12. The Morgan fingerprint density at radius 2 is 1.63 bits per heavy atom. The summed E-state index contributed by atoms with van der Waals surface area (Å²) in [5, 5.41) is 0. The lowest BCUT2D eigenvalue weighted by molar-refractivity contribution is -0.135. The Balaban J connectivity index is 1.16. The Hall–Kier alpha value is -3.06. The van der Waals surface area contributed by atoms with Gasteiger partial charge >= 0.3 is 0 Å². The van der Waals surface area contributed by atoms with Gasteiger partial charge in [0.15, 0.2) is 11.5 Å². The first-order valence-corrected chi connectivity index (χ1v) is 10.4. The number of carbonyl (C=O) groups excluding carboxylic acids is 2. The predicted octanol–water partition coefficient (Wildman–Crippen LogP) is 1.93. The monoisotopic (exact) mass is 409 g/mol. The zero-order valence-electron chi connectivity index (χ0n) is 16.9. The average molecular weight is 409 g/mol. The molecule has 4 rings (SSSR count). The van der Waals surface area contributed by atoms with Gasteiger partial charge in [-0.1, -0.05) is 42.5 Å². The highest BCUT2D eigenvalue weighted by atomic mass is 16.6. The van der Waals surface area contributed by atoms with Crippen LogP contribution < -0.4 is 20.3 Å². The molecule has 0 radical (unpaired) electrons. The fraction of sp³-hybridized carbons (Fsp3) is 0.391. The molecular weight excluding hydrogens is 382 g/mol. The number of ether oxygens (including phenoxy) is 2. The first kappa shape index (κ1) is 20.2. The number of piperidine rings is 1. The van der Waals surface area contributed by atoms with Crippen molar-refractivity contribution in [3.8, 4) is 11.5 Å². The van der Waals surface area contributed by atoms with Crippen molar-refractivity contribution in [3.05, 3.63) is 60.2 Å². The van der Waals surface area contributed by atoms with Crippen molar-refractivity contribution in [3.63, 3.8) is 0 Å². The van der Waals surface area contributed by atoms with Gasteiger partial charge < -0.3 is 9.47 Å². The van der Waals surface area contributed by atoms with Gasteiger partial charge in [-0.3, -0.25) is 25.3 Å². The number of hydrogen-bond acceptors (Lipinski definition) is 5. The van der Waals surface area contributed by atoms with Gasteiger partial charge in [0, 0.05) is 0 Å². The third-order valence-corrected chi connectivity index (χ3v) is 5.57. The first-order chi connectivity index (χ1) is 14.7. The molecule has 2 heterocycles. The molecule has 2 aromatic carbocycles. The zero-order valence-corrected chi connectivity index (χ0v) is 16.9. The molecule has 0 unspecified atom stereocenters. The lowest BCUT2D eigenvalue weighted by Crippen LogP contribution is -2.53. The maximum absolute atomic E-state index is 12.3. The number of hydrogen-bond donors (Lipinski definition) is 2. The zero-order chi connectivity index (χ0) is 20.8. The van der Waals surface area contributed by atoms with Gasteiger partial charge in [-0.15, -0.1) is 0 Å². The lowest BCUT2D eigenvalue weighted by atomic mass is 9.90. The van der Waals surface area contributed by atoms with Gasteiger partial charge in [0.2, 0.25) is 6.10 Å². The topological polar surface area (TPSA) is 79.9 Å². The minimum atomic E-state index is -0.797. The molecule has 1 atom stereocenters. The largest absolute Gasteiger partial charge is 0.485 e. The minimum absolute atomic E-state index is 0.105. The summed E-state index contributed by atoms with van der Waals surface area (Å²) in [7, 11) is 0. The lowest BCUT2D eigenvalue weighted by Gasteiger charge is -2.31. The molecule has 0 saturated carbocycles. The summed E-state index contributed by atoms with van der Waals surface area (Å²) < 4.78 is 11.2. The first-order valence-electron chi connectivity index (χ1n) is 10.4. The summed E-state index contributed by atoms with van der Waals surface area (Å²) in [6.45, 7) is 2.14. The summed E-state index contributed by atoms with van der Waals surface area (Å²) in [5.41, 5.74) is 6.30. The maximum atomic E-state index is 12.3. The average Bonchev–Trinajstić information content (AvgIpc) is 2.79. The Bertz CT molecular complexity index is 866. The number of nitrogens with zero attached hydrogens (tertiary/aromatic N) is 1. The molecule has 1 fully saturated rings. The van der Waals surface area contributed by atoms with Crippen molar-refractivity contribution >= 4 is 11.8 Å². The third-order valence-electron chi connectivity index (χ3n) is 5.57. The second kappa shape index (κ2) is 9.63. The molecule has 7 nitrogen and oxygen atoms in total. The van der Waals surface area contributed by atoms with E-state index in [-0.39, 0.29) is 19.1 Å². The Morgan fingerprint density at radius 1 is 0.933 bits per heavy atom. The van der Waals surface area contributed by atoms with Gasteiger partial charge in [0.05, 0.1) is 6.54 Å². The number of hydrazine groups is 1. The molecule has 0 aliphatic carbocycles. The van der Waals surface area contributed by atoms with Crippen LogP contribution in [0.4, 0.5) is 0 Å². The van der Waals surface area contributed by atoms with Gasteiger partial charge in [0.1, 0.15) is 6.61 Å². The fourth-order valence-corrected chi connectivity index (χ4v) is 3.90. The fourth-order valence-electron chi connectivity index (χ4n) is 3.90. The summed E-state index contributed by atoms with van der Waals surface area (Å²) in [6, 6.07) is 17.7. The molecule has 0 bridgehead atoms. The van der Waals surface area contributed by atoms with Crippen molar-refractivity contribution in [2.75, 3.05) is 26.2 Å². The number of nitrogens with one attached hydrogen (secondary N) is 2. The van der Waals surface area contributed by atoms with Gasteiger partial charge in [-0.25, -0.2) is 0 Å². The summed E-state index contributed by atoms with van der Waals surface area (Å²) in [6.07, 6.45) is 2.43. The molecule has 2 N–H and O–H groups in total. The van der Waals surface area contributed by atoms with E-state index in [4.69, 9.17) is 9.47 Å². The molecule has 7 heteroatoms. The van der Waals surface area contributed by atoms with Crippen molar-refractivity contribution in [2.45, 2.75) is 25.4 Å². The molecule has 0 spiro atoms. The number of rotatable bonds is 5. The SMILES string of the molecule is O=C(CN1CCC(Cc2ccccc2)CC1)NNC(=O)[C@@H]1COc2ccccc2O1. The highest BCUT2D eigenvalue weighted by Crippen LogP contribution is 2.30. The molecule has 2 amide bonds. The van der Waals surface area contributed by atoms with Crippen LogP contribution in [-0.2, 0) is 16.0 Å². The molecule has 2 aliphatic rings. The number of amides is 2. The van der Waals surface area contributed by atoms with E-state index in [1.54, 1.807) is 12.1 Å². The van der Waals surface area contributed by atoms with Crippen molar-refractivity contribution in [1.82, 2.24) is 15.8 Å². The maximum Gasteiger partial charge on any atom is 0.283 e. The quantitative estimate of drug-likeness (QED) is 0.738. The van der Waals surface area contributed by atoms with Gasteiger partial charge in [-0.05, 0) is 56.0 Å². The van der Waals surface area contributed by atoms with E-state index in [9.17, 15) is 9.59 Å². The Morgan fingerprint density at radius 3 is 2.40 bits per heavy atom. The molecule has 0 aromatic heterocycles. The van der Waals surface area contributed by atoms with Crippen LogP contribution in [0.1, 0.15) is 18.4 Å². The smallest absolute Gasteiger partial charge is 0.283 e. The predicted molar refractivity (Wildman–Crippen MR) is 112 cm³/mol. The molecule has 158 valence electrons. The second-order valence-corrected chi connectivity index (χ2v) is 7.81. The standard InChI is InChI=1S/C23H27N3O4/c27-22(15-26-12-10-18(11-13-26)14-17-6-2-1-3-7-17)24-25-23(28)21-16-29-19-8-4-5-9-20(19)30-21/h1-9,18,21H,10-16H2,(H,24,27)(H,25,28)/t21-/m0/s1. The van der Waals surface area contributed by atoms with Crippen LogP contribution in [0.25, 0.3) is 0 Å². The Kier molecular flexibility index (Phi) is 6.49. The van der Waals surface area contributed by atoms with Gasteiger partial charge in [0.25, 0.3) is 11.8 Å². The normalized spacial score (nSPS) is 19.1. The minimum Gasteiger partial charge on any atom is -0.485 e. The molecule has 30 heavy (non-hydrogen) atoms. The molecule has 2 aliphatic heterocycles. The van der Waals surface area contributed by atoms with Crippen LogP contribution in [0, 0.1) is 5.92 Å². The van der Waals surface area contributed by atoms with Crippen LogP contribution in [0.5, 0.6) is 11.5 Å². The second-order valence-electron chi connectivity index (χ2n) is 7.81.